The van der Waals surface area contributed by atoms with Crippen LogP contribution in [0.15, 0.2) is 60.2 Å². The Morgan fingerprint density at radius 3 is 2.33 bits per heavy atom. The number of rotatable bonds is 6. The molecule has 0 amide bonds. The Kier molecular flexibility index (Phi) is 5.49. The second-order valence-electron chi connectivity index (χ2n) is 8.18. The van der Waals surface area contributed by atoms with Gasteiger partial charge in [-0.15, -0.1) is 0 Å². The molecule has 0 saturated heterocycles. The lowest BCUT2D eigenvalue weighted by Gasteiger charge is -2.19. The van der Waals surface area contributed by atoms with E-state index in [-0.39, 0.29) is 24.4 Å². The van der Waals surface area contributed by atoms with Gasteiger partial charge in [0.1, 0.15) is 24.2 Å². The van der Waals surface area contributed by atoms with Gasteiger partial charge in [-0.25, -0.2) is 4.79 Å². The molecule has 6 rings (SSSR count). The summed E-state index contributed by atoms with van der Waals surface area (Å²) < 4.78 is 30.5. The number of hydrogen-bond acceptors (Lipinski definition) is 9. The highest BCUT2D eigenvalue weighted by atomic mass is 32.1. The monoisotopic (exact) mass is 502 g/mol. The van der Waals surface area contributed by atoms with Crippen LogP contribution in [-0.4, -0.2) is 45.6 Å². The smallest absolute Gasteiger partial charge is 0.336 e. The average Bonchev–Trinajstić information content (AvgIpc) is 3.56. The maximum atomic E-state index is 13.9. The standard InChI is InChI=1S/C26H18N2O7S/c29-25(16-3-6-20-23(12-16)33-8-7-32-20)17(9-14-1-5-21-22(10-14)35-13-34-21)24(26(30)31)15-2-4-18-19(11-15)28-36-27-18/h1-6,10-12H,7-9,13H2,(H,30,31)/b24-17+. The topological polar surface area (TPSA) is 117 Å². The molecule has 0 atom stereocenters. The molecule has 0 aliphatic carbocycles. The zero-order valence-corrected chi connectivity index (χ0v) is 19.5. The molecular formula is C26H18N2O7S. The van der Waals surface area contributed by atoms with Crippen LogP contribution in [0.3, 0.4) is 0 Å². The molecule has 0 radical (unpaired) electrons. The summed E-state index contributed by atoms with van der Waals surface area (Å²) in [4.78, 5) is 26.5. The zero-order valence-electron chi connectivity index (χ0n) is 18.7. The van der Waals surface area contributed by atoms with Crippen LogP contribution in [0, 0.1) is 0 Å². The molecule has 36 heavy (non-hydrogen) atoms. The molecule has 0 spiro atoms. The maximum Gasteiger partial charge on any atom is 0.336 e. The van der Waals surface area contributed by atoms with Gasteiger partial charge in [0.15, 0.2) is 28.8 Å². The number of carboxylic acid groups (broad SMARTS) is 1. The first kappa shape index (κ1) is 22.1. The van der Waals surface area contributed by atoms with Crippen molar-refractivity contribution in [3.63, 3.8) is 0 Å². The van der Waals surface area contributed by atoms with Gasteiger partial charge >= 0.3 is 5.97 Å². The average molecular weight is 503 g/mol. The van der Waals surface area contributed by atoms with E-state index in [1.165, 1.54) is 0 Å². The first-order valence-corrected chi connectivity index (χ1v) is 11.8. The predicted octanol–water partition coefficient (Wildman–Crippen LogP) is 4.16. The van der Waals surface area contributed by atoms with E-state index in [2.05, 4.69) is 8.75 Å². The lowest BCUT2D eigenvalue weighted by atomic mass is 9.89. The molecule has 4 aromatic rings. The third kappa shape index (κ3) is 4.01. The van der Waals surface area contributed by atoms with E-state index >= 15 is 0 Å². The molecule has 180 valence electrons. The van der Waals surface area contributed by atoms with Crippen molar-refractivity contribution in [3.8, 4) is 23.0 Å². The fourth-order valence-corrected chi connectivity index (χ4v) is 4.78. The number of carbonyl (C=O) groups excluding carboxylic acids is 1. The van der Waals surface area contributed by atoms with Crippen molar-refractivity contribution in [2.24, 2.45) is 0 Å². The van der Waals surface area contributed by atoms with E-state index in [0.717, 1.165) is 11.7 Å². The van der Waals surface area contributed by atoms with Crippen molar-refractivity contribution in [3.05, 3.63) is 76.9 Å². The molecule has 0 fully saturated rings. The SMILES string of the molecule is O=C(O)/C(=C(\Cc1ccc2c(c1)OCO2)C(=O)c1ccc2c(c1)OCCO2)c1ccc2nsnc2c1. The fourth-order valence-electron chi connectivity index (χ4n) is 4.26. The number of nitrogens with zero attached hydrogens (tertiary/aromatic N) is 2. The Morgan fingerprint density at radius 1 is 0.778 bits per heavy atom. The summed E-state index contributed by atoms with van der Waals surface area (Å²) in [6.07, 6.45) is 0.0545. The van der Waals surface area contributed by atoms with Gasteiger partial charge < -0.3 is 24.1 Å². The van der Waals surface area contributed by atoms with Gasteiger partial charge in [0.2, 0.25) is 6.79 Å². The number of aromatic nitrogens is 2. The number of aliphatic carboxylic acids is 1. The number of allylic oxidation sites excluding steroid dienone is 1. The Balaban J connectivity index is 1.50. The highest BCUT2D eigenvalue weighted by Crippen LogP contribution is 2.36. The first-order valence-electron chi connectivity index (χ1n) is 11.1. The normalized spacial score (nSPS) is 14.4. The molecule has 0 saturated carbocycles. The summed E-state index contributed by atoms with van der Waals surface area (Å²) in [7, 11) is 0. The molecule has 0 unspecified atom stereocenters. The molecule has 2 aliphatic rings. The summed E-state index contributed by atoms with van der Waals surface area (Å²) in [6.45, 7) is 0.902. The number of carbonyl (C=O) groups is 2. The van der Waals surface area contributed by atoms with Gasteiger partial charge in [-0.1, -0.05) is 12.1 Å². The van der Waals surface area contributed by atoms with Crippen molar-refractivity contribution >= 4 is 40.1 Å². The zero-order chi connectivity index (χ0) is 24.6. The van der Waals surface area contributed by atoms with E-state index in [9.17, 15) is 14.7 Å². The molecule has 0 bridgehead atoms. The lowest BCUT2D eigenvalue weighted by molar-refractivity contribution is -0.130. The number of hydrogen-bond donors (Lipinski definition) is 1. The van der Waals surface area contributed by atoms with Gasteiger partial charge in [0.05, 0.1) is 17.3 Å². The van der Waals surface area contributed by atoms with E-state index in [4.69, 9.17) is 18.9 Å². The van der Waals surface area contributed by atoms with Crippen LogP contribution in [0.25, 0.3) is 16.6 Å². The number of carboxylic acids is 1. The van der Waals surface area contributed by atoms with E-state index in [1.54, 1.807) is 54.6 Å². The predicted molar refractivity (Wildman–Crippen MR) is 130 cm³/mol. The minimum Gasteiger partial charge on any atom is -0.486 e. The van der Waals surface area contributed by atoms with Crippen LogP contribution in [-0.2, 0) is 11.2 Å². The third-order valence-electron chi connectivity index (χ3n) is 5.95. The Bertz CT molecular complexity index is 1560. The highest BCUT2D eigenvalue weighted by Gasteiger charge is 2.26. The first-order chi connectivity index (χ1) is 17.6. The van der Waals surface area contributed by atoms with E-state index < -0.39 is 11.8 Å². The minimum atomic E-state index is -1.22. The van der Waals surface area contributed by atoms with Gasteiger partial charge in [-0.05, 0) is 53.6 Å². The minimum absolute atomic E-state index is 0.0545. The fraction of sp³-hybridized carbons (Fsp3) is 0.154. The van der Waals surface area contributed by atoms with Crippen LogP contribution in [0.2, 0.25) is 0 Å². The summed E-state index contributed by atoms with van der Waals surface area (Å²) >= 11 is 1.04. The molecule has 1 N–H and O–H groups in total. The maximum absolute atomic E-state index is 13.9. The van der Waals surface area contributed by atoms with Crippen molar-refractivity contribution in [2.75, 3.05) is 20.0 Å². The summed E-state index contributed by atoms with van der Waals surface area (Å²) in [6, 6.07) is 15.1. The summed E-state index contributed by atoms with van der Waals surface area (Å²) in [5.41, 5.74) is 2.59. The Hall–Kier alpha value is -4.44. The summed E-state index contributed by atoms with van der Waals surface area (Å²) in [5, 5.41) is 10.3. The van der Waals surface area contributed by atoms with Crippen molar-refractivity contribution in [1.29, 1.82) is 0 Å². The van der Waals surface area contributed by atoms with Crippen molar-refractivity contribution < 1.29 is 33.6 Å². The number of ketones is 1. The molecule has 1 aromatic heterocycles. The van der Waals surface area contributed by atoms with Gasteiger partial charge in [-0.2, -0.15) is 8.75 Å². The van der Waals surface area contributed by atoms with Gasteiger partial charge in [0, 0.05) is 17.6 Å². The quantitative estimate of drug-likeness (QED) is 0.306. The second-order valence-corrected chi connectivity index (χ2v) is 8.71. The molecule has 3 heterocycles. The van der Waals surface area contributed by atoms with Crippen molar-refractivity contribution in [2.45, 2.75) is 6.42 Å². The Morgan fingerprint density at radius 2 is 1.47 bits per heavy atom. The van der Waals surface area contributed by atoms with Gasteiger partial charge in [0.25, 0.3) is 0 Å². The number of fused-ring (bicyclic) bond motifs is 3. The molecule has 3 aromatic carbocycles. The summed E-state index contributed by atoms with van der Waals surface area (Å²) in [5.74, 6) is 0.478. The van der Waals surface area contributed by atoms with Crippen LogP contribution in [0.1, 0.15) is 21.5 Å². The molecule has 9 nitrogen and oxygen atoms in total. The highest BCUT2D eigenvalue weighted by molar-refractivity contribution is 7.00. The number of ether oxygens (including phenoxy) is 4. The number of benzene rings is 3. The Labute approximate surface area is 208 Å². The van der Waals surface area contributed by atoms with Crippen LogP contribution in [0.5, 0.6) is 23.0 Å². The largest absolute Gasteiger partial charge is 0.486 e. The molecular weight excluding hydrogens is 484 g/mol. The number of Topliss-reactive ketones (excluding diaryl/α,β-unsaturated/α-hetero) is 1. The molecule has 10 heteroatoms. The second kappa shape index (κ2) is 8.97. The third-order valence-corrected chi connectivity index (χ3v) is 6.51. The van der Waals surface area contributed by atoms with Crippen LogP contribution in [0.4, 0.5) is 0 Å². The van der Waals surface area contributed by atoms with Crippen molar-refractivity contribution in [1.82, 2.24) is 8.75 Å². The molecule has 2 aliphatic heterocycles. The van der Waals surface area contributed by atoms with E-state index in [0.29, 0.717) is 63.9 Å². The van der Waals surface area contributed by atoms with E-state index in [1.807, 2.05) is 0 Å². The van der Waals surface area contributed by atoms with Crippen LogP contribution < -0.4 is 18.9 Å². The van der Waals surface area contributed by atoms with Crippen LogP contribution >= 0.6 is 11.7 Å². The lowest BCUT2D eigenvalue weighted by Crippen LogP contribution is -2.17. The van der Waals surface area contributed by atoms with Gasteiger partial charge in [-0.3, -0.25) is 4.79 Å².